The highest BCUT2D eigenvalue weighted by Gasteiger charge is 2.34. The van der Waals surface area contributed by atoms with Crippen LogP contribution >= 0.6 is 22.7 Å². The molecule has 0 aliphatic rings. The predicted octanol–water partition coefficient (Wildman–Crippen LogP) is 3.63. The molecular weight excluding hydrogens is 354 g/mol. The van der Waals surface area contributed by atoms with Gasteiger partial charge in [-0.2, -0.15) is 0 Å². The Morgan fingerprint density at radius 1 is 1.08 bits per heavy atom. The normalized spacial score (nSPS) is 12.6. The Morgan fingerprint density at radius 2 is 1.68 bits per heavy atom. The molecule has 4 nitrogen and oxygen atoms in total. The van der Waals surface area contributed by atoms with Crippen molar-refractivity contribution in [2.45, 2.75) is 18.6 Å². The van der Waals surface area contributed by atoms with E-state index in [2.05, 4.69) is 5.32 Å². The van der Waals surface area contributed by atoms with Crippen molar-refractivity contribution >= 4 is 28.6 Å². The third kappa shape index (κ3) is 4.10. The summed E-state index contributed by atoms with van der Waals surface area (Å²) in [6.45, 7) is 1.78. The van der Waals surface area contributed by atoms with Gasteiger partial charge in [-0.05, 0) is 41.9 Å². The topological polar surface area (TPSA) is 58.6 Å². The molecule has 2 N–H and O–H groups in total. The van der Waals surface area contributed by atoms with E-state index >= 15 is 0 Å². The summed E-state index contributed by atoms with van der Waals surface area (Å²) in [6, 6.07) is 16.7. The minimum absolute atomic E-state index is 0.0926. The van der Waals surface area contributed by atoms with Crippen molar-refractivity contribution in [3.8, 4) is 5.75 Å². The molecule has 25 heavy (non-hydrogen) atoms. The molecule has 0 fully saturated rings. The standard InChI is InChI=1S/C19H19NO3S2/c1-14(23-15-7-3-2-4-8-15)18(21)20-13-19(22,16-9-5-11-24-16)17-10-6-12-25-17/h2-12,14,22H,13H2,1H3,(H,20,21). The number of aliphatic hydroxyl groups is 1. The van der Waals surface area contributed by atoms with Crippen molar-refractivity contribution in [3.05, 3.63) is 75.1 Å². The number of carbonyl (C=O) groups excluding carboxylic acids is 1. The fraction of sp³-hybridized carbons (Fsp3) is 0.211. The zero-order valence-corrected chi connectivity index (χ0v) is 15.3. The Hall–Kier alpha value is -2.15. The SMILES string of the molecule is CC(Oc1ccccc1)C(=O)NCC(O)(c1cccs1)c1cccs1. The fourth-order valence-electron chi connectivity index (χ4n) is 2.44. The predicted molar refractivity (Wildman–Crippen MR) is 101 cm³/mol. The first-order chi connectivity index (χ1) is 12.1. The number of ether oxygens (including phenoxy) is 1. The summed E-state index contributed by atoms with van der Waals surface area (Å²) in [5, 5.41) is 17.9. The van der Waals surface area contributed by atoms with E-state index in [0.29, 0.717) is 5.75 Å². The van der Waals surface area contributed by atoms with Crippen LogP contribution in [0.25, 0.3) is 0 Å². The van der Waals surface area contributed by atoms with Crippen LogP contribution in [0, 0.1) is 0 Å². The molecule has 3 aromatic rings. The van der Waals surface area contributed by atoms with Gasteiger partial charge in [0.15, 0.2) is 6.10 Å². The second-order valence-electron chi connectivity index (χ2n) is 5.61. The summed E-state index contributed by atoms with van der Waals surface area (Å²) in [6.07, 6.45) is -0.654. The van der Waals surface area contributed by atoms with Crippen molar-refractivity contribution < 1.29 is 14.6 Å². The summed E-state index contributed by atoms with van der Waals surface area (Å²) in [5.74, 6) is 0.368. The van der Waals surface area contributed by atoms with Gasteiger partial charge in [0.1, 0.15) is 11.4 Å². The first-order valence-electron chi connectivity index (χ1n) is 7.89. The van der Waals surface area contributed by atoms with Gasteiger partial charge in [-0.3, -0.25) is 4.79 Å². The Labute approximate surface area is 154 Å². The Kier molecular flexibility index (Phi) is 5.53. The molecule has 2 heterocycles. The lowest BCUT2D eigenvalue weighted by Gasteiger charge is -2.27. The van der Waals surface area contributed by atoms with Crippen LogP contribution in [0.2, 0.25) is 0 Å². The number of nitrogens with one attached hydrogen (secondary N) is 1. The molecule has 1 atom stereocenters. The molecule has 0 spiro atoms. The van der Waals surface area contributed by atoms with Crippen LogP contribution in [-0.2, 0) is 10.4 Å². The highest BCUT2D eigenvalue weighted by molar-refractivity contribution is 7.11. The first kappa shape index (κ1) is 17.7. The molecule has 0 saturated carbocycles. The van der Waals surface area contributed by atoms with Crippen LogP contribution in [0.3, 0.4) is 0 Å². The fourth-order valence-corrected chi connectivity index (χ4v) is 4.18. The van der Waals surface area contributed by atoms with Crippen LogP contribution < -0.4 is 10.1 Å². The third-order valence-electron chi connectivity index (χ3n) is 3.80. The molecule has 0 saturated heterocycles. The van der Waals surface area contributed by atoms with Gasteiger partial charge in [0, 0.05) is 9.75 Å². The summed E-state index contributed by atoms with van der Waals surface area (Å²) in [7, 11) is 0. The van der Waals surface area contributed by atoms with E-state index in [0.717, 1.165) is 9.75 Å². The van der Waals surface area contributed by atoms with Crippen molar-refractivity contribution in [2.75, 3.05) is 6.54 Å². The van der Waals surface area contributed by atoms with Gasteiger partial charge in [0.05, 0.1) is 6.54 Å². The highest BCUT2D eigenvalue weighted by Crippen LogP contribution is 2.35. The van der Waals surface area contributed by atoms with Crippen LogP contribution in [0.15, 0.2) is 65.4 Å². The Balaban J connectivity index is 1.68. The van der Waals surface area contributed by atoms with Gasteiger partial charge in [0.2, 0.25) is 0 Å². The zero-order chi connectivity index (χ0) is 17.7. The Morgan fingerprint density at radius 3 is 2.20 bits per heavy atom. The molecule has 1 unspecified atom stereocenters. The zero-order valence-electron chi connectivity index (χ0n) is 13.7. The molecule has 2 aromatic heterocycles. The van der Waals surface area contributed by atoms with E-state index < -0.39 is 11.7 Å². The maximum Gasteiger partial charge on any atom is 0.260 e. The lowest BCUT2D eigenvalue weighted by molar-refractivity contribution is -0.128. The van der Waals surface area contributed by atoms with E-state index in [1.165, 1.54) is 22.7 Å². The summed E-state index contributed by atoms with van der Waals surface area (Å²) in [4.78, 5) is 14.0. The molecule has 130 valence electrons. The number of carbonyl (C=O) groups is 1. The maximum atomic E-state index is 12.4. The lowest BCUT2D eigenvalue weighted by Crippen LogP contribution is -2.45. The molecule has 3 rings (SSSR count). The van der Waals surface area contributed by atoms with Crippen molar-refractivity contribution in [3.63, 3.8) is 0 Å². The molecule has 0 bridgehead atoms. The maximum absolute atomic E-state index is 12.4. The number of rotatable bonds is 7. The van der Waals surface area contributed by atoms with Crippen LogP contribution in [0.1, 0.15) is 16.7 Å². The van der Waals surface area contributed by atoms with E-state index in [4.69, 9.17) is 4.74 Å². The lowest BCUT2D eigenvalue weighted by atomic mass is 9.99. The quantitative estimate of drug-likeness (QED) is 0.665. The molecule has 1 amide bonds. The van der Waals surface area contributed by atoms with E-state index in [-0.39, 0.29) is 12.5 Å². The van der Waals surface area contributed by atoms with Crippen LogP contribution in [-0.4, -0.2) is 23.7 Å². The van der Waals surface area contributed by atoms with Crippen LogP contribution in [0.5, 0.6) is 5.75 Å². The van der Waals surface area contributed by atoms with E-state index in [1.54, 1.807) is 19.1 Å². The van der Waals surface area contributed by atoms with Crippen molar-refractivity contribution in [2.24, 2.45) is 0 Å². The minimum Gasteiger partial charge on any atom is -0.481 e. The van der Waals surface area contributed by atoms with Crippen molar-refractivity contribution in [1.82, 2.24) is 5.32 Å². The van der Waals surface area contributed by atoms with Gasteiger partial charge in [-0.1, -0.05) is 30.3 Å². The average Bonchev–Trinajstić information content (AvgIpc) is 3.34. The largest absolute Gasteiger partial charge is 0.481 e. The Bertz CT molecular complexity index is 751. The van der Waals surface area contributed by atoms with Gasteiger partial charge in [0.25, 0.3) is 5.91 Å². The van der Waals surface area contributed by atoms with Gasteiger partial charge in [-0.25, -0.2) is 0 Å². The number of hydrogen-bond acceptors (Lipinski definition) is 5. The van der Waals surface area contributed by atoms with Gasteiger partial charge < -0.3 is 15.2 Å². The molecule has 0 aliphatic carbocycles. The third-order valence-corrected chi connectivity index (χ3v) is 5.84. The number of amides is 1. The number of benzene rings is 1. The van der Waals surface area contributed by atoms with Gasteiger partial charge in [-0.15, -0.1) is 22.7 Å². The first-order valence-corrected chi connectivity index (χ1v) is 9.65. The van der Waals surface area contributed by atoms with E-state index in [1.807, 2.05) is 53.2 Å². The number of thiophene rings is 2. The number of hydrogen-bond donors (Lipinski definition) is 2. The highest BCUT2D eigenvalue weighted by atomic mass is 32.1. The molecule has 0 aliphatic heterocycles. The molecule has 0 radical (unpaired) electrons. The van der Waals surface area contributed by atoms with E-state index in [9.17, 15) is 9.90 Å². The van der Waals surface area contributed by atoms with Crippen LogP contribution in [0.4, 0.5) is 0 Å². The summed E-state index contributed by atoms with van der Waals surface area (Å²) < 4.78 is 5.63. The second-order valence-corrected chi connectivity index (χ2v) is 7.50. The molecule has 6 heteroatoms. The monoisotopic (exact) mass is 373 g/mol. The van der Waals surface area contributed by atoms with Gasteiger partial charge >= 0.3 is 0 Å². The molecule has 1 aromatic carbocycles. The molecular formula is C19H19NO3S2. The minimum atomic E-state index is -1.23. The summed E-state index contributed by atoms with van der Waals surface area (Å²) in [5.41, 5.74) is -1.23. The smallest absolute Gasteiger partial charge is 0.260 e. The average molecular weight is 373 g/mol. The van der Waals surface area contributed by atoms with Crippen molar-refractivity contribution in [1.29, 1.82) is 0 Å². The summed E-state index contributed by atoms with van der Waals surface area (Å²) >= 11 is 2.93. The number of para-hydroxylation sites is 1. The second kappa shape index (κ2) is 7.82.